The van der Waals surface area contributed by atoms with Crippen molar-refractivity contribution in [3.05, 3.63) is 83.2 Å². The van der Waals surface area contributed by atoms with Crippen LogP contribution in [0.4, 0.5) is 6.01 Å². The average molecular weight is 418 g/mol. The first-order valence-electron chi connectivity index (χ1n) is 10.4. The minimum Gasteiger partial charge on any atom is -0.432 e. The van der Waals surface area contributed by atoms with Crippen molar-refractivity contribution in [3.63, 3.8) is 0 Å². The molecule has 1 unspecified atom stereocenters. The number of carbonyl (C=O) groups is 1. The van der Waals surface area contributed by atoms with E-state index < -0.39 is 0 Å². The molecule has 7 heteroatoms. The molecule has 0 aliphatic carbocycles. The van der Waals surface area contributed by atoms with Gasteiger partial charge in [0.15, 0.2) is 5.78 Å². The SMILES string of the molecule is CN=C(Nc1nc(C(C)c2cccc(C(=O)c3ccccc3)c2)co1)N1CCOCC1. The summed E-state index contributed by atoms with van der Waals surface area (Å²) in [5.74, 6) is 0.680. The number of oxazole rings is 1. The van der Waals surface area contributed by atoms with Crippen molar-refractivity contribution in [1.82, 2.24) is 9.88 Å². The van der Waals surface area contributed by atoms with Crippen LogP contribution in [-0.4, -0.2) is 55.0 Å². The molecule has 7 nitrogen and oxygen atoms in total. The second-order valence-electron chi connectivity index (χ2n) is 7.39. The number of aliphatic imine (C=N–C) groups is 1. The van der Waals surface area contributed by atoms with Crippen LogP contribution in [0.25, 0.3) is 0 Å². The van der Waals surface area contributed by atoms with E-state index in [1.54, 1.807) is 13.3 Å². The van der Waals surface area contributed by atoms with Crippen LogP contribution in [0.5, 0.6) is 0 Å². The largest absolute Gasteiger partial charge is 0.432 e. The Morgan fingerprint density at radius 3 is 2.58 bits per heavy atom. The van der Waals surface area contributed by atoms with Crippen molar-refractivity contribution in [2.45, 2.75) is 12.8 Å². The fourth-order valence-corrected chi connectivity index (χ4v) is 3.57. The lowest BCUT2D eigenvalue weighted by atomic mass is 9.94. The van der Waals surface area contributed by atoms with Crippen molar-refractivity contribution in [1.29, 1.82) is 0 Å². The third-order valence-electron chi connectivity index (χ3n) is 5.39. The Hall–Kier alpha value is -3.45. The number of hydrogen-bond acceptors (Lipinski definition) is 5. The van der Waals surface area contributed by atoms with Crippen LogP contribution < -0.4 is 5.32 Å². The first kappa shape index (κ1) is 20.8. The highest BCUT2D eigenvalue weighted by molar-refractivity contribution is 6.09. The zero-order valence-electron chi connectivity index (χ0n) is 17.7. The Morgan fingerprint density at radius 2 is 1.84 bits per heavy atom. The van der Waals surface area contributed by atoms with Crippen LogP contribution in [0.3, 0.4) is 0 Å². The van der Waals surface area contributed by atoms with Crippen molar-refractivity contribution in [2.75, 3.05) is 38.7 Å². The van der Waals surface area contributed by atoms with E-state index in [1.165, 1.54) is 0 Å². The van der Waals surface area contributed by atoms with E-state index in [-0.39, 0.29) is 11.7 Å². The van der Waals surface area contributed by atoms with Gasteiger partial charge in [0.2, 0.25) is 5.96 Å². The van der Waals surface area contributed by atoms with Gasteiger partial charge in [0.25, 0.3) is 0 Å². The summed E-state index contributed by atoms with van der Waals surface area (Å²) >= 11 is 0. The zero-order chi connectivity index (χ0) is 21.6. The summed E-state index contributed by atoms with van der Waals surface area (Å²) < 4.78 is 11.0. The molecule has 1 saturated heterocycles. The number of nitrogens with zero attached hydrogens (tertiary/aromatic N) is 3. The smallest absolute Gasteiger partial charge is 0.301 e. The van der Waals surface area contributed by atoms with Crippen LogP contribution in [0, 0.1) is 0 Å². The molecule has 160 valence electrons. The monoisotopic (exact) mass is 418 g/mol. The van der Waals surface area contributed by atoms with Gasteiger partial charge in [-0.3, -0.25) is 15.1 Å². The number of rotatable bonds is 5. The van der Waals surface area contributed by atoms with E-state index in [4.69, 9.17) is 9.15 Å². The van der Waals surface area contributed by atoms with Gasteiger partial charge in [0, 0.05) is 37.2 Å². The summed E-state index contributed by atoms with van der Waals surface area (Å²) in [6.45, 7) is 4.93. The summed E-state index contributed by atoms with van der Waals surface area (Å²) in [6.07, 6.45) is 1.64. The lowest BCUT2D eigenvalue weighted by Gasteiger charge is -2.29. The fraction of sp³-hybridized carbons (Fsp3) is 0.292. The molecular formula is C24H26N4O3. The topological polar surface area (TPSA) is 80.0 Å². The number of morpholine rings is 1. The molecule has 1 aliphatic heterocycles. The summed E-state index contributed by atoms with van der Waals surface area (Å²) in [5, 5.41) is 3.16. The summed E-state index contributed by atoms with van der Waals surface area (Å²) in [4.78, 5) is 23.8. The summed E-state index contributed by atoms with van der Waals surface area (Å²) in [5.41, 5.74) is 3.11. The van der Waals surface area contributed by atoms with Gasteiger partial charge < -0.3 is 14.1 Å². The molecule has 0 radical (unpaired) electrons. The van der Waals surface area contributed by atoms with Gasteiger partial charge in [-0.25, -0.2) is 0 Å². The number of benzene rings is 2. The van der Waals surface area contributed by atoms with E-state index in [0.29, 0.717) is 36.3 Å². The van der Waals surface area contributed by atoms with Crippen LogP contribution in [0.2, 0.25) is 0 Å². The van der Waals surface area contributed by atoms with Crippen LogP contribution in [0.1, 0.15) is 40.0 Å². The lowest BCUT2D eigenvalue weighted by molar-refractivity contribution is 0.0679. The Kier molecular flexibility index (Phi) is 6.43. The predicted octanol–water partition coefficient (Wildman–Crippen LogP) is 3.79. The minimum absolute atomic E-state index is 0.00599. The molecule has 2 heterocycles. The molecular weight excluding hydrogens is 392 g/mol. The second-order valence-corrected chi connectivity index (χ2v) is 7.39. The summed E-state index contributed by atoms with van der Waals surface area (Å²) in [7, 11) is 1.74. The Balaban J connectivity index is 1.48. The van der Waals surface area contributed by atoms with E-state index in [0.717, 1.165) is 24.3 Å². The second kappa shape index (κ2) is 9.57. The van der Waals surface area contributed by atoms with Crippen LogP contribution >= 0.6 is 0 Å². The molecule has 1 aromatic heterocycles. The van der Waals surface area contributed by atoms with Gasteiger partial charge >= 0.3 is 6.01 Å². The van der Waals surface area contributed by atoms with E-state index in [9.17, 15) is 4.79 Å². The average Bonchev–Trinajstić information content (AvgIpc) is 3.31. The first-order chi connectivity index (χ1) is 15.2. The standard InChI is InChI=1S/C24H26N4O3/c1-17(19-9-6-10-20(15-19)22(29)18-7-4-3-5-8-18)21-16-31-24(26-21)27-23(25-2)28-11-13-30-14-12-28/h3-10,15-17H,11-14H2,1-2H3,(H,25,26,27). The molecule has 1 aliphatic rings. The van der Waals surface area contributed by atoms with Crippen molar-refractivity contribution < 1.29 is 13.9 Å². The van der Waals surface area contributed by atoms with E-state index >= 15 is 0 Å². The van der Waals surface area contributed by atoms with Gasteiger partial charge in [0.1, 0.15) is 6.26 Å². The highest BCUT2D eigenvalue weighted by Gasteiger charge is 2.19. The molecule has 31 heavy (non-hydrogen) atoms. The number of guanidine groups is 1. The number of carbonyl (C=O) groups excluding carboxylic acids is 1. The van der Waals surface area contributed by atoms with Gasteiger partial charge in [-0.05, 0) is 11.6 Å². The molecule has 3 aromatic rings. The molecule has 0 saturated carbocycles. The third kappa shape index (κ3) is 4.83. The Bertz CT molecular complexity index is 1060. The van der Waals surface area contributed by atoms with Crippen LogP contribution in [-0.2, 0) is 4.74 Å². The Morgan fingerprint density at radius 1 is 1.10 bits per heavy atom. The quantitative estimate of drug-likeness (QED) is 0.386. The number of aromatic nitrogens is 1. The van der Waals surface area contributed by atoms with Crippen molar-refractivity contribution in [3.8, 4) is 0 Å². The Labute approximate surface area is 181 Å². The predicted molar refractivity (Wildman–Crippen MR) is 120 cm³/mol. The number of anilines is 1. The van der Waals surface area contributed by atoms with E-state index in [1.807, 2.05) is 61.5 Å². The number of nitrogens with one attached hydrogen (secondary N) is 1. The fourth-order valence-electron chi connectivity index (χ4n) is 3.57. The molecule has 0 spiro atoms. The maximum atomic E-state index is 12.8. The molecule has 1 atom stereocenters. The van der Waals surface area contributed by atoms with Gasteiger partial charge in [-0.2, -0.15) is 4.98 Å². The maximum absolute atomic E-state index is 12.8. The van der Waals surface area contributed by atoms with E-state index in [2.05, 4.69) is 20.2 Å². The van der Waals surface area contributed by atoms with Gasteiger partial charge in [-0.15, -0.1) is 0 Å². The molecule has 0 amide bonds. The van der Waals surface area contributed by atoms with Crippen LogP contribution in [0.15, 0.2) is 70.3 Å². The zero-order valence-corrected chi connectivity index (χ0v) is 17.7. The number of ketones is 1. The summed E-state index contributed by atoms with van der Waals surface area (Å²) in [6, 6.07) is 17.4. The van der Waals surface area contributed by atoms with Crippen molar-refractivity contribution >= 4 is 17.8 Å². The third-order valence-corrected chi connectivity index (χ3v) is 5.39. The van der Waals surface area contributed by atoms with Gasteiger partial charge in [-0.1, -0.05) is 55.5 Å². The number of hydrogen-bond donors (Lipinski definition) is 1. The molecule has 2 aromatic carbocycles. The normalized spacial score (nSPS) is 15.5. The highest BCUT2D eigenvalue weighted by Crippen LogP contribution is 2.26. The number of ether oxygens (including phenoxy) is 1. The lowest BCUT2D eigenvalue weighted by Crippen LogP contribution is -2.44. The molecule has 1 N–H and O–H groups in total. The van der Waals surface area contributed by atoms with Crippen molar-refractivity contribution in [2.24, 2.45) is 4.99 Å². The maximum Gasteiger partial charge on any atom is 0.301 e. The van der Waals surface area contributed by atoms with Gasteiger partial charge in [0.05, 0.1) is 18.9 Å². The molecule has 4 rings (SSSR count). The first-order valence-corrected chi connectivity index (χ1v) is 10.4. The molecule has 0 bridgehead atoms. The molecule has 1 fully saturated rings. The minimum atomic E-state index is -0.0341. The highest BCUT2D eigenvalue weighted by atomic mass is 16.5.